The van der Waals surface area contributed by atoms with Gasteiger partial charge in [-0.15, -0.1) is 0 Å². The van der Waals surface area contributed by atoms with Crippen LogP contribution in [-0.2, 0) is 10.0 Å². The van der Waals surface area contributed by atoms with Crippen molar-refractivity contribution >= 4 is 16.0 Å². The van der Waals surface area contributed by atoms with Crippen LogP contribution in [0.3, 0.4) is 0 Å². The first-order chi connectivity index (χ1) is 8.25. The van der Waals surface area contributed by atoms with Crippen molar-refractivity contribution in [3.8, 4) is 0 Å². The molecule has 0 unspecified atom stereocenters. The molecule has 0 radical (unpaired) electrons. The summed E-state index contributed by atoms with van der Waals surface area (Å²) in [5.41, 5.74) is -2.03. The first kappa shape index (κ1) is 14.6. The van der Waals surface area contributed by atoms with Crippen molar-refractivity contribution in [1.82, 2.24) is 14.9 Å². The summed E-state index contributed by atoms with van der Waals surface area (Å²) in [6.45, 7) is -0.0418. The molecule has 102 valence electrons. The Balaban J connectivity index is 3.15. The van der Waals surface area contributed by atoms with E-state index in [-0.39, 0.29) is 0 Å². The Morgan fingerprint density at radius 1 is 1.50 bits per heavy atom. The van der Waals surface area contributed by atoms with Crippen molar-refractivity contribution in [1.29, 1.82) is 0 Å². The summed E-state index contributed by atoms with van der Waals surface area (Å²) < 4.78 is 25.8. The number of hydrogen-bond acceptors (Lipinski definition) is 6. The van der Waals surface area contributed by atoms with Gasteiger partial charge < -0.3 is 15.3 Å². The zero-order valence-corrected chi connectivity index (χ0v) is 10.2. The standard InChI is InChI=1S/C8H13N3O6S/c1-8(3-12,4-13)11-18(16,17)6-5(7(14)15)2-9-10-6/h2,11-13H,3-4H2,1H3,(H,9,10)(H,14,15). The van der Waals surface area contributed by atoms with Crippen LogP contribution in [0, 0.1) is 0 Å². The second-order valence-electron chi connectivity index (χ2n) is 3.90. The van der Waals surface area contributed by atoms with Gasteiger partial charge in [-0.05, 0) is 6.92 Å². The van der Waals surface area contributed by atoms with Crippen molar-refractivity contribution in [3.63, 3.8) is 0 Å². The largest absolute Gasteiger partial charge is 0.478 e. The first-order valence-electron chi connectivity index (χ1n) is 4.78. The average molecular weight is 279 g/mol. The number of aliphatic hydroxyl groups excluding tert-OH is 2. The third-order valence-corrected chi connectivity index (χ3v) is 3.79. The van der Waals surface area contributed by atoms with Crippen LogP contribution in [0.15, 0.2) is 11.2 Å². The van der Waals surface area contributed by atoms with Crippen LogP contribution < -0.4 is 4.72 Å². The Labute approximate surface area is 103 Å². The molecule has 0 amide bonds. The van der Waals surface area contributed by atoms with Crippen LogP contribution in [-0.4, -0.2) is 58.7 Å². The van der Waals surface area contributed by atoms with Crippen LogP contribution in [0.25, 0.3) is 0 Å². The van der Waals surface area contributed by atoms with E-state index in [9.17, 15) is 13.2 Å². The number of hydrogen-bond donors (Lipinski definition) is 5. The van der Waals surface area contributed by atoms with Gasteiger partial charge in [-0.3, -0.25) is 5.10 Å². The van der Waals surface area contributed by atoms with Crippen LogP contribution in [0.4, 0.5) is 0 Å². The predicted octanol–water partition coefficient (Wildman–Crippen LogP) is -1.87. The maximum Gasteiger partial charge on any atom is 0.340 e. The van der Waals surface area contributed by atoms with Gasteiger partial charge in [0.25, 0.3) is 10.0 Å². The third kappa shape index (κ3) is 2.85. The van der Waals surface area contributed by atoms with Gasteiger partial charge >= 0.3 is 5.97 Å². The zero-order valence-electron chi connectivity index (χ0n) is 9.41. The maximum atomic E-state index is 11.9. The zero-order chi connectivity index (χ0) is 14.0. The number of aromatic amines is 1. The van der Waals surface area contributed by atoms with E-state index in [1.165, 1.54) is 6.92 Å². The second kappa shape index (κ2) is 5.02. The summed E-state index contributed by atoms with van der Waals surface area (Å²) in [5.74, 6) is -1.46. The molecule has 1 rings (SSSR count). The van der Waals surface area contributed by atoms with Gasteiger partial charge in [0.1, 0.15) is 5.56 Å². The molecule has 5 N–H and O–H groups in total. The van der Waals surface area contributed by atoms with Gasteiger partial charge in [-0.2, -0.15) is 9.82 Å². The molecular weight excluding hydrogens is 266 g/mol. The normalized spacial score (nSPS) is 12.6. The number of rotatable bonds is 6. The molecule has 0 aliphatic rings. The Kier molecular flexibility index (Phi) is 4.06. The topological polar surface area (TPSA) is 153 Å². The van der Waals surface area contributed by atoms with Gasteiger partial charge in [0.15, 0.2) is 5.03 Å². The van der Waals surface area contributed by atoms with Crippen molar-refractivity contribution in [3.05, 3.63) is 11.8 Å². The van der Waals surface area contributed by atoms with Crippen LogP contribution in [0.1, 0.15) is 17.3 Å². The second-order valence-corrected chi connectivity index (χ2v) is 5.52. The van der Waals surface area contributed by atoms with Crippen molar-refractivity contribution in [2.45, 2.75) is 17.5 Å². The minimum Gasteiger partial charge on any atom is -0.478 e. The summed E-state index contributed by atoms with van der Waals surface area (Å²) in [6, 6.07) is 0. The number of H-pyrrole nitrogens is 1. The lowest BCUT2D eigenvalue weighted by molar-refractivity contribution is 0.0692. The summed E-state index contributed by atoms with van der Waals surface area (Å²) in [7, 11) is -4.24. The average Bonchev–Trinajstić information content (AvgIpc) is 2.78. The Morgan fingerprint density at radius 2 is 2.06 bits per heavy atom. The van der Waals surface area contributed by atoms with E-state index in [0.717, 1.165) is 6.20 Å². The van der Waals surface area contributed by atoms with Crippen LogP contribution in [0.2, 0.25) is 0 Å². The van der Waals surface area contributed by atoms with Crippen LogP contribution in [0.5, 0.6) is 0 Å². The smallest absolute Gasteiger partial charge is 0.340 e. The summed E-state index contributed by atoms with van der Waals surface area (Å²) in [4.78, 5) is 10.8. The number of carboxylic acid groups (broad SMARTS) is 1. The molecule has 1 aromatic rings. The van der Waals surface area contributed by atoms with Crippen molar-refractivity contribution in [2.75, 3.05) is 13.2 Å². The van der Waals surface area contributed by atoms with E-state index in [0.29, 0.717) is 0 Å². The Hall–Kier alpha value is -1.49. The molecule has 9 nitrogen and oxygen atoms in total. The highest BCUT2D eigenvalue weighted by Gasteiger charge is 2.33. The molecular formula is C8H13N3O6S. The number of aromatic carboxylic acids is 1. The fraction of sp³-hybridized carbons (Fsp3) is 0.500. The number of aliphatic hydroxyl groups is 2. The fourth-order valence-corrected chi connectivity index (χ4v) is 2.60. The molecule has 0 atom stereocenters. The highest BCUT2D eigenvalue weighted by Crippen LogP contribution is 2.14. The summed E-state index contributed by atoms with van der Waals surface area (Å²) >= 11 is 0. The van der Waals surface area contributed by atoms with E-state index in [4.69, 9.17) is 15.3 Å². The number of carbonyl (C=O) groups is 1. The quantitative estimate of drug-likeness (QED) is 0.409. The van der Waals surface area contributed by atoms with Gasteiger partial charge in [0.2, 0.25) is 0 Å². The SMILES string of the molecule is CC(CO)(CO)NS(=O)(=O)c1[nH]ncc1C(=O)O. The van der Waals surface area contributed by atoms with E-state index in [1.807, 2.05) is 4.72 Å². The number of nitrogens with one attached hydrogen (secondary N) is 2. The molecule has 0 fully saturated rings. The molecule has 0 saturated carbocycles. The number of aromatic nitrogens is 2. The minimum absolute atomic E-state index is 0.527. The fourth-order valence-electron chi connectivity index (χ4n) is 1.12. The summed E-state index contributed by atoms with van der Waals surface area (Å²) in [5, 5.41) is 31.5. The lowest BCUT2D eigenvalue weighted by Crippen LogP contribution is -2.51. The molecule has 1 aromatic heterocycles. The van der Waals surface area contributed by atoms with Gasteiger partial charge in [0.05, 0.1) is 24.9 Å². The highest BCUT2D eigenvalue weighted by atomic mass is 32.2. The van der Waals surface area contributed by atoms with E-state index in [2.05, 4.69) is 10.2 Å². The molecule has 18 heavy (non-hydrogen) atoms. The Bertz CT molecular complexity index is 533. The number of nitrogens with zero attached hydrogens (tertiary/aromatic N) is 1. The monoisotopic (exact) mass is 279 g/mol. The van der Waals surface area contributed by atoms with Crippen molar-refractivity contribution in [2.24, 2.45) is 0 Å². The lowest BCUT2D eigenvalue weighted by Gasteiger charge is -2.25. The highest BCUT2D eigenvalue weighted by molar-refractivity contribution is 7.89. The van der Waals surface area contributed by atoms with Gasteiger partial charge in [-0.1, -0.05) is 0 Å². The molecule has 0 aromatic carbocycles. The molecule has 0 aliphatic carbocycles. The molecule has 0 aliphatic heterocycles. The van der Waals surface area contributed by atoms with Gasteiger partial charge in [-0.25, -0.2) is 13.2 Å². The number of sulfonamides is 1. The molecule has 0 bridgehead atoms. The van der Waals surface area contributed by atoms with E-state index >= 15 is 0 Å². The lowest BCUT2D eigenvalue weighted by atomic mass is 10.1. The molecule has 0 saturated heterocycles. The molecule has 0 spiro atoms. The molecule has 10 heteroatoms. The van der Waals surface area contributed by atoms with Gasteiger partial charge in [0, 0.05) is 0 Å². The molecule has 1 heterocycles. The predicted molar refractivity (Wildman–Crippen MR) is 58.4 cm³/mol. The van der Waals surface area contributed by atoms with E-state index in [1.54, 1.807) is 0 Å². The van der Waals surface area contributed by atoms with E-state index < -0.39 is 45.3 Å². The first-order valence-corrected chi connectivity index (χ1v) is 6.26. The minimum atomic E-state index is -4.24. The van der Waals surface area contributed by atoms with Crippen LogP contribution >= 0.6 is 0 Å². The summed E-state index contributed by atoms with van der Waals surface area (Å²) in [6.07, 6.45) is 0.853. The Morgan fingerprint density at radius 3 is 2.50 bits per heavy atom. The maximum absolute atomic E-state index is 11.9. The third-order valence-electron chi connectivity index (χ3n) is 2.18. The number of carboxylic acids is 1. The van der Waals surface area contributed by atoms with Crippen molar-refractivity contribution < 1.29 is 28.5 Å².